The molecule has 0 unspecified atom stereocenters. The molecule has 144 valence electrons. The van der Waals surface area contributed by atoms with Gasteiger partial charge in [0.1, 0.15) is 22.5 Å². The first kappa shape index (κ1) is 20.0. The Bertz CT molecular complexity index is 955. The molecule has 1 aromatic heterocycles. The molecule has 0 atom stereocenters. The SMILES string of the molecule is O=C(CSc1ccc(NCc2ccc(Cl)cc2)nn1)Nc1ccc(F)cc1F. The molecule has 1 heterocycles. The zero-order chi connectivity index (χ0) is 19.9. The fraction of sp³-hybridized carbons (Fsp3) is 0.105. The molecule has 0 aliphatic carbocycles. The molecule has 0 saturated heterocycles. The molecule has 0 aliphatic rings. The van der Waals surface area contributed by atoms with E-state index in [1.807, 2.05) is 24.3 Å². The fourth-order valence-corrected chi connectivity index (χ4v) is 2.94. The topological polar surface area (TPSA) is 66.9 Å². The van der Waals surface area contributed by atoms with Gasteiger partial charge >= 0.3 is 0 Å². The molecular weight excluding hydrogens is 406 g/mol. The van der Waals surface area contributed by atoms with Gasteiger partial charge < -0.3 is 10.6 Å². The number of carbonyl (C=O) groups excluding carboxylic acids is 1. The zero-order valence-corrected chi connectivity index (χ0v) is 16.0. The Morgan fingerprint density at radius 1 is 1.04 bits per heavy atom. The minimum atomic E-state index is -0.825. The van der Waals surface area contributed by atoms with Crippen molar-refractivity contribution in [3.05, 3.63) is 76.8 Å². The Hall–Kier alpha value is -2.71. The van der Waals surface area contributed by atoms with Gasteiger partial charge in [0.05, 0.1) is 11.4 Å². The molecule has 9 heteroatoms. The van der Waals surface area contributed by atoms with E-state index in [1.54, 1.807) is 12.1 Å². The third kappa shape index (κ3) is 5.90. The second kappa shape index (κ2) is 9.48. The lowest BCUT2D eigenvalue weighted by atomic mass is 10.2. The largest absolute Gasteiger partial charge is 0.365 e. The molecule has 5 nitrogen and oxygen atoms in total. The van der Waals surface area contributed by atoms with E-state index < -0.39 is 17.5 Å². The van der Waals surface area contributed by atoms with Crippen molar-refractivity contribution in [2.24, 2.45) is 0 Å². The van der Waals surface area contributed by atoms with E-state index in [0.29, 0.717) is 28.5 Å². The fourth-order valence-electron chi connectivity index (χ4n) is 2.20. The van der Waals surface area contributed by atoms with Crippen LogP contribution in [0, 0.1) is 11.6 Å². The summed E-state index contributed by atoms with van der Waals surface area (Å²) in [6, 6.07) is 13.9. The highest BCUT2D eigenvalue weighted by Gasteiger charge is 2.09. The highest BCUT2D eigenvalue weighted by molar-refractivity contribution is 7.99. The van der Waals surface area contributed by atoms with Crippen LogP contribution < -0.4 is 10.6 Å². The van der Waals surface area contributed by atoms with E-state index in [0.717, 1.165) is 23.4 Å². The molecular formula is C19H15ClF2N4OS. The Balaban J connectivity index is 1.47. The number of aromatic nitrogens is 2. The maximum absolute atomic E-state index is 13.5. The van der Waals surface area contributed by atoms with Crippen LogP contribution in [0.2, 0.25) is 5.02 Å². The van der Waals surface area contributed by atoms with Gasteiger partial charge in [0.2, 0.25) is 5.91 Å². The first-order valence-electron chi connectivity index (χ1n) is 8.19. The Labute approximate surface area is 169 Å². The number of halogens is 3. The maximum atomic E-state index is 13.5. The van der Waals surface area contributed by atoms with E-state index >= 15 is 0 Å². The second-order valence-corrected chi connectivity index (χ2v) is 7.13. The lowest BCUT2D eigenvalue weighted by Crippen LogP contribution is -2.15. The van der Waals surface area contributed by atoms with Crippen molar-refractivity contribution in [3.63, 3.8) is 0 Å². The molecule has 0 saturated carbocycles. The summed E-state index contributed by atoms with van der Waals surface area (Å²) in [5, 5.41) is 14.8. The summed E-state index contributed by atoms with van der Waals surface area (Å²) in [7, 11) is 0. The molecule has 28 heavy (non-hydrogen) atoms. The molecule has 0 bridgehead atoms. The minimum absolute atomic E-state index is 0.0169. The molecule has 1 amide bonds. The van der Waals surface area contributed by atoms with E-state index in [-0.39, 0.29) is 11.4 Å². The van der Waals surface area contributed by atoms with Crippen LogP contribution in [-0.4, -0.2) is 21.9 Å². The molecule has 2 N–H and O–H groups in total. The number of nitrogens with one attached hydrogen (secondary N) is 2. The number of anilines is 2. The maximum Gasteiger partial charge on any atom is 0.234 e. The average Bonchev–Trinajstić information content (AvgIpc) is 2.69. The molecule has 0 radical (unpaired) electrons. The van der Waals surface area contributed by atoms with Gasteiger partial charge in [-0.25, -0.2) is 8.78 Å². The first-order chi connectivity index (χ1) is 13.5. The normalized spacial score (nSPS) is 10.5. The van der Waals surface area contributed by atoms with Gasteiger partial charge in [-0.05, 0) is 42.0 Å². The predicted octanol–water partition coefficient (Wildman–Crippen LogP) is 4.75. The number of hydrogen-bond donors (Lipinski definition) is 2. The van der Waals surface area contributed by atoms with Gasteiger partial charge in [0.15, 0.2) is 0 Å². The first-order valence-corrected chi connectivity index (χ1v) is 9.56. The van der Waals surface area contributed by atoms with Crippen molar-refractivity contribution >= 4 is 40.8 Å². The van der Waals surface area contributed by atoms with Crippen LogP contribution in [0.25, 0.3) is 0 Å². The van der Waals surface area contributed by atoms with Crippen LogP contribution in [0.1, 0.15) is 5.56 Å². The van der Waals surface area contributed by atoms with Gasteiger partial charge in [-0.15, -0.1) is 10.2 Å². The second-order valence-electron chi connectivity index (χ2n) is 5.70. The zero-order valence-electron chi connectivity index (χ0n) is 14.5. The summed E-state index contributed by atoms with van der Waals surface area (Å²) in [5.74, 6) is -1.35. The third-order valence-electron chi connectivity index (χ3n) is 3.58. The average molecular weight is 421 g/mol. The lowest BCUT2D eigenvalue weighted by Gasteiger charge is -2.07. The number of thioether (sulfide) groups is 1. The van der Waals surface area contributed by atoms with Gasteiger partial charge in [0, 0.05) is 17.6 Å². The van der Waals surface area contributed by atoms with Crippen LogP contribution in [0.15, 0.2) is 59.6 Å². The summed E-state index contributed by atoms with van der Waals surface area (Å²) in [6.07, 6.45) is 0. The number of carbonyl (C=O) groups is 1. The number of benzene rings is 2. The summed E-state index contributed by atoms with van der Waals surface area (Å²) in [6.45, 7) is 0.573. The molecule has 2 aromatic carbocycles. The van der Waals surface area contributed by atoms with Gasteiger partial charge in [-0.3, -0.25) is 4.79 Å². The predicted molar refractivity (Wildman–Crippen MR) is 107 cm³/mol. The standard InChI is InChI=1S/C19H15ClF2N4OS/c20-13-3-1-12(2-4-13)10-23-17-7-8-19(26-25-17)28-11-18(27)24-16-6-5-14(21)9-15(16)22/h1-9H,10-11H2,(H,23,25)(H,24,27). The summed E-state index contributed by atoms with van der Waals surface area (Å²) in [5.41, 5.74) is 0.981. The van der Waals surface area contributed by atoms with Crippen molar-refractivity contribution in [1.82, 2.24) is 10.2 Å². The monoisotopic (exact) mass is 420 g/mol. The highest BCUT2D eigenvalue weighted by Crippen LogP contribution is 2.19. The van der Waals surface area contributed by atoms with Crippen molar-refractivity contribution in [1.29, 1.82) is 0 Å². The molecule has 3 aromatic rings. The third-order valence-corrected chi connectivity index (χ3v) is 4.76. The van der Waals surface area contributed by atoms with Crippen LogP contribution in [0.3, 0.4) is 0 Å². The van der Waals surface area contributed by atoms with Crippen LogP contribution >= 0.6 is 23.4 Å². The van der Waals surface area contributed by atoms with Gasteiger partial charge in [-0.1, -0.05) is 35.5 Å². The smallest absolute Gasteiger partial charge is 0.234 e. The van der Waals surface area contributed by atoms with Crippen LogP contribution in [0.4, 0.5) is 20.3 Å². The molecule has 0 aliphatic heterocycles. The number of amides is 1. The van der Waals surface area contributed by atoms with E-state index in [4.69, 9.17) is 11.6 Å². The number of nitrogens with zero attached hydrogens (tertiary/aromatic N) is 2. The van der Waals surface area contributed by atoms with Crippen LogP contribution in [0.5, 0.6) is 0 Å². The van der Waals surface area contributed by atoms with Crippen molar-refractivity contribution < 1.29 is 13.6 Å². The molecule has 0 fully saturated rings. The van der Waals surface area contributed by atoms with Gasteiger partial charge in [-0.2, -0.15) is 0 Å². The lowest BCUT2D eigenvalue weighted by molar-refractivity contribution is -0.113. The molecule has 0 spiro atoms. The number of hydrogen-bond acceptors (Lipinski definition) is 5. The summed E-state index contributed by atoms with van der Waals surface area (Å²) < 4.78 is 26.4. The van der Waals surface area contributed by atoms with E-state index in [2.05, 4.69) is 20.8 Å². The minimum Gasteiger partial charge on any atom is -0.365 e. The summed E-state index contributed by atoms with van der Waals surface area (Å²) in [4.78, 5) is 11.9. The van der Waals surface area contributed by atoms with E-state index in [9.17, 15) is 13.6 Å². The van der Waals surface area contributed by atoms with Gasteiger partial charge in [0.25, 0.3) is 0 Å². The van der Waals surface area contributed by atoms with Crippen molar-refractivity contribution in [3.8, 4) is 0 Å². The van der Waals surface area contributed by atoms with E-state index in [1.165, 1.54) is 6.07 Å². The highest BCUT2D eigenvalue weighted by atomic mass is 35.5. The van der Waals surface area contributed by atoms with Crippen molar-refractivity contribution in [2.45, 2.75) is 11.6 Å². The number of rotatable bonds is 7. The molecule has 3 rings (SSSR count). The quantitative estimate of drug-likeness (QED) is 0.540. The Kier molecular flexibility index (Phi) is 6.78. The Morgan fingerprint density at radius 3 is 2.50 bits per heavy atom. The van der Waals surface area contributed by atoms with Crippen molar-refractivity contribution in [2.75, 3.05) is 16.4 Å². The summed E-state index contributed by atoms with van der Waals surface area (Å²) >= 11 is 7.01. The van der Waals surface area contributed by atoms with Crippen LogP contribution in [-0.2, 0) is 11.3 Å². The Morgan fingerprint density at radius 2 is 1.82 bits per heavy atom.